The van der Waals surface area contributed by atoms with Gasteiger partial charge in [0.25, 0.3) is 0 Å². The Labute approximate surface area is 114 Å². The van der Waals surface area contributed by atoms with Crippen molar-refractivity contribution in [3.8, 4) is 0 Å². The molecule has 0 heterocycles. The van der Waals surface area contributed by atoms with Gasteiger partial charge >= 0.3 is 0 Å². The number of nitrogens with one attached hydrogen (secondary N) is 3. The maximum atomic E-state index is 10.7. The van der Waals surface area contributed by atoms with Crippen molar-refractivity contribution in [2.45, 2.75) is 18.9 Å². The molecule has 0 unspecified atom stereocenters. The number of hydrogen-bond donors (Lipinski definition) is 3. The van der Waals surface area contributed by atoms with Gasteiger partial charge in [-0.3, -0.25) is 4.99 Å². The molecule has 0 bridgehead atoms. The van der Waals surface area contributed by atoms with Gasteiger partial charge in [-0.15, -0.1) is 24.0 Å². The summed E-state index contributed by atoms with van der Waals surface area (Å²) in [4.78, 5) is 4.02. The van der Waals surface area contributed by atoms with E-state index in [2.05, 4.69) is 20.3 Å². The molecule has 6 nitrogen and oxygen atoms in total. The first kappa shape index (κ1) is 15.9. The van der Waals surface area contributed by atoms with Crippen LogP contribution < -0.4 is 15.4 Å². The fraction of sp³-hybridized carbons (Fsp3) is 0.875. The van der Waals surface area contributed by atoms with Gasteiger partial charge in [0, 0.05) is 26.2 Å². The van der Waals surface area contributed by atoms with E-state index < -0.39 is 10.0 Å². The van der Waals surface area contributed by atoms with Gasteiger partial charge in [0.05, 0.1) is 6.26 Å². The maximum Gasteiger partial charge on any atom is 0.208 e. The minimum Gasteiger partial charge on any atom is -0.355 e. The van der Waals surface area contributed by atoms with Crippen molar-refractivity contribution < 1.29 is 8.42 Å². The summed E-state index contributed by atoms with van der Waals surface area (Å²) >= 11 is 0. The van der Waals surface area contributed by atoms with Gasteiger partial charge in [0.1, 0.15) is 0 Å². The zero-order valence-electron chi connectivity index (χ0n) is 9.49. The summed E-state index contributed by atoms with van der Waals surface area (Å²) in [7, 11) is -1.39. The van der Waals surface area contributed by atoms with Gasteiger partial charge in [0.15, 0.2) is 5.96 Å². The second-order valence-corrected chi connectivity index (χ2v) is 5.42. The van der Waals surface area contributed by atoms with Gasteiger partial charge < -0.3 is 10.6 Å². The lowest BCUT2D eigenvalue weighted by Crippen LogP contribution is -2.42. The summed E-state index contributed by atoms with van der Waals surface area (Å²) in [5.41, 5.74) is 0. The van der Waals surface area contributed by atoms with Crippen molar-refractivity contribution in [1.82, 2.24) is 15.4 Å². The highest BCUT2D eigenvalue weighted by atomic mass is 127. The molecule has 96 valence electrons. The quantitative estimate of drug-likeness (QED) is 0.266. The summed E-state index contributed by atoms with van der Waals surface area (Å²) in [5, 5.41) is 6.23. The van der Waals surface area contributed by atoms with E-state index in [0.717, 1.165) is 12.2 Å². The predicted molar refractivity (Wildman–Crippen MR) is 75.8 cm³/mol. The largest absolute Gasteiger partial charge is 0.355 e. The minimum atomic E-state index is -3.09. The van der Waals surface area contributed by atoms with Crippen molar-refractivity contribution in [3.63, 3.8) is 0 Å². The molecule has 1 aliphatic carbocycles. The summed E-state index contributed by atoms with van der Waals surface area (Å²) < 4.78 is 23.9. The number of aliphatic imine (C=N–C) groups is 1. The first-order valence-electron chi connectivity index (χ1n) is 4.93. The molecule has 1 saturated carbocycles. The van der Waals surface area contributed by atoms with Crippen LogP contribution in [0.2, 0.25) is 0 Å². The average molecular weight is 362 g/mol. The minimum absolute atomic E-state index is 0. The molecule has 0 atom stereocenters. The number of guanidine groups is 1. The van der Waals surface area contributed by atoms with Crippen LogP contribution in [0.15, 0.2) is 4.99 Å². The molecule has 1 fully saturated rings. The van der Waals surface area contributed by atoms with Gasteiger partial charge in [-0.25, -0.2) is 13.1 Å². The Hall–Kier alpha value is -0.0900. The summed E-state index contributed by atoms with van der Waals surface area (Å²) in [6.45, 7) is 0.893. The molecule has 0 aromatic rings. The normalized spacial score (nSPS) is 16.5. The first-order valence-corrected chi connectivity index (χ1v) is 6.82. The van der Waals surface area contributed by atoms with Crippen LogP contribution in [0.3, 0.4) is 0 Å². The van der Waals surface area contributed by atoms with Gasteiger partial charge in [-0.2, -0.15) is 0 Å². The van der Waals surface area contributed by atoms with Crippen LogP contribution >= 0.6 is 24.0 Å². The molecule has 0 aliphatic heterocycles. The highest BCUT2D eigenvalue weighted by Gasteiger charge is 2.21. The standard InChI is InChI=1S/C8H18N4O2S.HI/c1-9-8(12-7-3-4-7)10-5-6-11-15(2,13)14;/h7,11H,3-6H2,1-2H3,(H2,9,10,12);1H. The number of rotatable bonds is 5. The van der Waals surface area contributed by atoms with Crippen LogP contribution in [0.5, 0.6) is 0 Å². The molecule has 0 amide bonds. The molecule has 0 aromatic carbocycles. The van der Waals surface area contributed by atoms with Crippen molar-refractivity contribution in [1.29, 1.82) is 0 Å². The Bertz CT molecular complexity index is 327. The Kier molecular flexibility index (Phi) is 7.24. The van der Waals surface area contributed by atoms with E-state index in [1.165, 1.54) is 12.8 Å². The molecule has 8 heteroatoms. The fourth-order valence-corrected chi connectivity index (χ4v) is 1.51. The third kappa shape index (κ3) is 8.11. The molecule has 16 heavy (non-hydrogen) atoms. The average Bonchev–Trinajstić information content (AvgIpc) is 2.92. The Morgan fingerprint density at radius 2 is 2.00 bits per heavy atom. The lowest BCUT2D eigenvalue weighted by atomic mass is 10.6. The highest BCUT2D eigenvalue weighted by Crippen LogP contribution is 2.18. The summed E-state index contributed by atoms with van der Waals surface area (Å²) in [5.74, 6) is 0.729. The van der Waals surface area contributed by atoms with E-state index in [1.807, 2.05) is 0 Å². The number of halogens is 1. The van der Waals surface area contributed by atoms with Gasteiger partial charge in [-0.05, 0) is 12.8 Å². The zero-order chi connectivity index (χ0) is 11.3. The number of nitrogens with zero attached hydrogens (tertiary/aromatic N) is 1. The molecule has 0 spiro atoms. The summed E-state index contributed by atoms with van der Waals surface area (Å²) in [6, 6.07) is 0.541. The Balaban J connectivity index is 0.00000225. The van der Waals surface area contributed by atoms with E-state index in [0.29, 0.717) is 19.1 Å². The maximum absolute atomic E-state index is 10.7. The Morgan fingerprint density at radius 1 is 1.38 bits per heavy atom. The van der Waals surface area contributed by atoms with E-state index >= 15 is 0 Å². The topological polar surface area (TPSA) is 82.6 Å². The predicted octanol–water partition coefficient (Wildman–Crippen LogP) is -0.519. The number of hydrogen-bond acceptors (Lipinski definition) is 3. The smallest absolute Gasteiger partial charge is 0.208 e. The highest BCUT2D eigenvalue weighted by molar-refractivity contribution is 14.0. The van der Waals surface area contributed by atoms with E-state index in [1.54, 1.807) is 7.05 Å². The van der Waals surface area contributed by atoms with Crippen molar-refractivity contribution >= 4 is 40.0 Å². The van der Waals surface area contributed by atoms with Crippen LogP contribution in [-0.2, 0) is 10.0 Å². The third-order valence-corrected chi connectivity index (χ3v) is 2.65. The Morgan fingerprint density at radius 3 is 2.44 bits per heavy atom. The van der Waals surface area contributed by atoms with Crippen LogP contribution in [0.1, 0.15) is 12.8 Å². The molecular formula is C8H19IN4O2S. The number of sulfonamides is 1. The first-order chi connectivity index (χ1) is 7.01. The second-order valence-electron chi connectivity index (χ2n) is 3.58. The fourth-order valence-electron chi connectivity index (χ4n) is 1.03. The molecule has 1 rings (SSSR count). The monoisotopic (exact) mass is 362 g/mol. The second kappa shape index (κ2) is 7.28. The molecule has 0 radical (unpaired) electrons. The van der Waals surface area contributed by atoms with Crippen molar-refractivity contribution in [2.24, 2.45) is 4.99 Å². The molecular weight excluding hydrogens is 343 g/mol. The lowest BCUT2D eigenvalue weighted by molar-refractivity contribution is 0.586. The van der Waals surface area contributed by atoms with Crippen LogP contribution in [0.25, 0.3) is 0 Å². The van der Waals surface area contributed by atoms with Crippen molar-refractivity contribution in [3.05, 3.63) is 0 Å². The van der Waals surface area contributed by atoms with E-state index in [9.17, 15) is 8.42 Å². The lowest BCUT2D eigenvalue weighted by Gasteiger charge is -2.10. The zero-order valence-corrected chi connectivity index (χ0v) is 12.6. The van der Waals surface area contributed by atoms with E-state index in [-0.39, 0.29) is 24.0 Å². The van der Waals surface area contributed by atoms with Crippen LogP contribution in [0.4, 0.5) is 0 Å². The molecule has 3 N–H and O–H groups in total. The third-order valence-electron chi connectivity index (χ3n) is 1.92. The van der Waals surface area contributed by atoms with E-state index in [4.69, 9.17) is 0 Å². The van der Waals surface area contributed by atoms with Crippen LogP contribution in [0, 0.1) is 0 Å². The molecule has 0 saturated heterocycles. The van der Waals surface area contributed by atoms with Gasteiger partial charge in [-0.1, -0.05) is 0 Å². The van der Waals surface area contributed by atoms with Crippen LogP contribution in [-0.4, -0.2) is 46.8 Å². The SMILES string of the molecule is CN=C(NCCNS(C)(=O)=O)NC1CC1.I. The summed E-state index contributed by atoms with van der Waals surface area (Å²) in [6.07, 6.45) is 3.51. The molecule has 1 aliphatic rings. The van der Waals surface area contributed by atoms with Crippen molar-refractivity contribution in [2.75, 3.05) is 26.4 Å². The molecule has 0 aromatic heterocycles. The van der Waals surface area contributed by atoms with Gasteiger partial charge in [0.2, 0.25) is 10.0 Å².